The molecule has 0 amide bonds. The van der Waals surface area contributed by atoms with E-state index in [1.165, 1.54) is 20.8 Å². The van der Waals surface area contributed by atoms with Crippen molar-refractivity contribution in [2.75, 3.05) is 0 Å². The highest BCUT2D eigenvalue weighted by Gasteiger charge is 2.53. The van der Waals surface area contributed by atoms with Gasteiger partial charge >= 0.3 is 5.97 Å². The molecule has 0 radical (unpaired) electrons. The fraction of sp³-hybridized carbons (Fsp3) is 0.900. The minimum atomic E-state index is -1.59. The first-order valence-electron chi connectivity index (χ1n) is 4.72. The minimum Gasteiger partial charge on any atom is -0.481 e. The molecule has 3 heteroatoms. The van der Waals surface area contributed by atoms with Crippen LogP contribution in [0.3, 0.4) is 0 Å². The fourth-order valence-electron chi connectivity index (χ4n) is 1.67. The third-order valence-corrected chi connectivity index (χ3v) is 3.63. The molecule has 1 atom stereocenters. The Kier molecular flexibility index (Phi) is 2.39. The monoisotopic (exact) mass is 188 g/mol. The molecule has 1 unspecified atom stereocenters. The number of alkyl halides is 1. The lowest BCUT2D eigenvalue weighted by Gasteiger charge is -2.44. The molecule has 0 spiro atoms. The maximum atomic E-state index is 14.2. The van der Waals surface area contributed by atoms with Gasteiger partial charge in [-0.05, 0) is 39.5 Å². The van der Waals surface area contributed by atoms with E-state index in [-0.39, 0.29) is 5.92 Å². The van der Waals surface area contributed by atoms with Crippen LogP contribution in [0.4, 0.5) is 4.39 Å². The lowest BCUT2D eigenvalue weighted by Crippen LogP contribution is -2.51. The molecule has 0 saturated heterocycles. The molecule has 2 nitrogen and oxygen atoms in total. The summed E-state index contributed by atoms with van der Waals surface area (Å²) >= 11 is 0. The summed E-state index contributed by atoms with van der Waals surface area (Å²) < 4.78 is 14.2. The van der Waals surface area contributed by atoms with E-state index in [1.807, 2.05) is 0 Å². The van der Waals surface area contributed by atoms with Gasteiger partial charge in [0.15, 0.2) is 0 Å². The Bertz CT molecular complexity index is 217. The van der Waals surface area contributed by atoms with Gasteiger partial charge in [-0.3, -0.25) is 4.79 Å². The maximum absolute atomic E-state index is 14.2. The average molecular weight is 188 g/mol. The van der Waals surface area contributed by atoms with Crippen LogP contribution in [-0.2, 0) is 4.79 Å². The van der Waals surface area contributed by atoms with Gasteiger partial charge in [-0.15, -0.1) is 0 Å². The Balaban J connectivity index is 2.83. The second-order valence-corrected chi connectivity index (χ2v) is 4.63. The third kappa shape index (κ3) is 1.45. The van der Waals surface area contributed by atoms with Crippen molar-refractivity contribution in [2.24, 2.45) is 11.3 Å². The predicted molar refractivity (Wildman–Crippen MR) is 48.3 cm³/mol. The van der Waals surface area contributed by atoms with E-state index in [4.69, 9.17) is 5.11 Å². The second-order valence-electron chi connectivity index (χ2n) is 4.63. The molecule has 1 fully saturated rings. The molecule has 13 heavy (non-hydrogen) atoms. The van der Waals surface area contributed by atoms with Crippen molar-refractivity contribution in [3.8, 4) is 0 Å². The van der Waals surface area contributed by atoms with Gasteiger partial charge < -0.3 is 5.11 Å². The van der Waals surface area contributed by atoms with Crippen LogP contribution in [-0.4, -0.2) is 16.7 Å². The highest BCUT2D eigenvalue weighted by molar-refractivity contribution is 5.75. The van der Waals surface area contributed by atoms with Crippen molar-refractivity contribution in [1.29, 1.82) is 0 Å². The molecule has 1 saturated carbocycles. The lowest BCUT2D eigenvalue weighted by atomic mass is 9.63. The summed E-state index contributed by atoms with van der Waals surface area (Å²) in [6.45, 7) is 4.35. The standard InChI is InChI=1S/C10H17FO2/c1-9(2,8(12)13)10(3,11)7-5-4-6-7/h7H,4-6H2,1-3H3,(H,12,13). The summed E-state index contributed by atoms with van der Waals surface area (Å²) in [4.78, 5) is 10.9. The number of rotatable bonds is 3. The highest BCUT2D eigenvalue weighted by atomic mass is 19.1. The van der Waals surface area contributed by atoms with Crippen molar-refractivity contribution in [3.05, 3.63) is 0 Å². The summed E-state index contributed by atoms with van der Waals surface area (Å²) in [6.07, 6.45) is 2.67. The van der Waals surface area contributed by atoms with Gasteiger partial charge in [-0.1, -0.05) is 6.42 Å². The van der Waals surface area contributed by atoms with E-state index in [0.29, 0.717) is 0 Å². The van der Waals surface area contributed by atoms with E-state index < -0.39 is 17.1 Å². The quantitative estimate of drug-likeness (QED) is 0.739. The molecule has 0 aromatic rings. The lowest BCUT2D eigenvalue weighted by molar-refractivity contribution is -0.162. The summed E-state index contributed by atoms with van der Waals surface area (Å²) in [7, 11) is 0. The van der Waals surface area contributed by atoms with Gasteiger partial charge in [0.2, 0.25) is 0 Å². The number of hydrogen-bond donors (Lipinski definition) is 1. The largest absolute Gasteiger partial charge is 0.481 e. The molecule has 0 bridgehead atoms. The Morgan fingerprint density at radius 1 is 1.38 bits per heavy atom. The number of aliphatic carboxylic acids is 1. The number of halogens is 1. The van der Waals surface area contributed by atoms with E-state index in [9.17, 15) is 9.18 Å². The van der Waals surface area contributed by atoms with Crippen LogP contribution in [0.15, 0.2) is 0 Å². The van der Waals surface area contributed by atoms with Gasteiger partial charge in [0.05, 0.1) is 5.41 Å². The summed E-state index contributed by atoms with van der Waals surface area (Å²) in [5.41, 5.74) is -2.87. The minimum absolute atomic E-state index is 0.0707. The summed E-state index contributed by atoms with van der Waals surface area (Å²) in [5.74, 6) is -1.12. The number of carboxylic acids is 1. The number of carbonyl (C=O) groups is 1. The Morgan fingerprint density at radius 3 is 2.08 bits per heavy atom. The first-order chi connectivity index (χ1) is 5.80. The smallest absolute Gasteiger partial charge is 0.312 e. The van der Waals surface area contributed by atoms with Crippen LogP contribution < -0.4 is 0 Å². The molecule has 1 aliphatic carbocycles. The Hall–Kier alpha value is -0.600. The Morgan fingerprint density at radius 2 is 1.85 bits per heavy atom. The highest BCUT2D eigenvalue weighted by Crippen LogP contribution is 2.48. The molecule has 76 valence electrons. The van der Waals surface area contributed by atoms with Crippen LogP contribution in [0.25, 0.3) is 0 Å². The fourth-order valence-corrected chi connectivity index (χ4v) is 1.67. The second kappa shape index (κ2) is 2.96. The molecule has 1 aliphatic rings. The predicted octanol–water partition coefficient (Wildman–Crippen LogP) is 2.63. The number of hydrogen-bond acceptors (Lipinski definition) is 1. The normalized spacial score (nSPS) is 23.4. The number of carboxylic acid groups (broad SMARTS) is 1. The Labute approximate surface area is 78.1 Å². The SMILES string of the molecule is CC(C)(C(=O)O)C(C)(F)C1CCC1. The van der Waals surface area contributed by atoms with E-state index in [2.05, 4.69) is 0 Å². The molecule has 0 aliphatic heterocycles. The van der Waals surface area contributed by atoms with Crippen LogP contribution in [0.2, 0.25) is 0 Å². The van der Waals surface area contributed by atoms with Gasteiger partial charge in [-0.25, -0.2) is 4.39 Å². The van der Waals surface area contributed by atoms with Crippen LogP contribution in [0.5, 0.6) is 0 Å². The van der Waals surface area contributed by atoms with Crippen molar-refractivity contribution in [2.45, 2.75) is 45.7 Å². The molecule has 0 aromatic carbocycles. The molecule has 1 N–H and O–H groups in total. The zero-order valence-electron chi connectivity index (χ0n) is 8.43. The van der Waals surface area contributed by atoms with Crippen molar-refractivity contribution < 1.29 is 14.3 Å². The molecule has 1 rings (SSSR count). The first-order valence-corrected chi connectivity index (χ1v) is 4.72. The summed E-state index contributed by atoms with van der Waals surface area (Å²) in [6, 6.07) is 0. The first kappa shape index (κ1) is 10.5. The zero-order chi connectivity index (χ0) is 10.3. The van der Waals surface area contributed by atoms with Crippen molar-refractivity contribution >= 4 is 5.97 Å². The zero-order valence-corrected chi connectivity index (χ0v) is 8.43. The summed E-state index contributed by atoms with van der Waals surface area (Å²) in [5, 5.41) is 8.91. The van der Waals surface area contributed by atoms with Gasteiger partial charge in [-0.2, -0.15) is 0 Å². The topological polar surface area (TPSA) is 37.3 Å². The van der Waals surface area contributed by atoms with E-state index in [0.717, 1.165) is 19.3 Å². The van der Waals surface area contributed by atoms with Gasteiger partial charge in [0.25, 0.3) is 0 Å². The van der Waals surface area contributed by atoms with Crippen LogP contribution >= 0.6 is 0 Å². The van der Waals surface area contributed by atoms with E-state index in [1.54, 1.807) is 0 Å². The van der Waals surface area contributed by atoms with Crippen molar-refractivity contribution in [1.82, 2.24) is 0 Å². The van der Waals surface area contributed by atoms with Crippen LogP contribution in [0, 0.1) is 11.3 Å². The molecule has 0 aromatic heterocycles. The maximum Gasteiger partial charge on any atom is 0.312 e. The van der Waals surface area contributed by atoms with E-state index >= 15 is 0 Å². The third-order valence-electron chi connectivity index (χ3n) is 3.63. The molecular formula is C10H17FO2. The van der Waals surface area contributed by atoms with Crippen LogP contribution in [0.1, 0.15) is 40.0 Å². The molecular weight excluding hydrogens is 171 g/mol. The molecule has 0 heterocycles. The average Bonchev–Trinajstić information content (AvgIpc) is 1.80. The van der Waals surface area contributed by atoms with Crippen molar-refractivity contribution in [3.63, 3.8) is 0 Å². The van der Waals surface area contributed by atoms with Gasteiger partial charge in [0.1, 0.15) is 5.67 Å². The van der Waals surface area contributed by atoms with Gasteiger partial charge in [0, 0.05) is 0 Å².